The molecule has 15 nitrogen and oxygen atoms in total. The number of rotatable bonds is 25. The molecule has 0 radical (unpaired) electrons. The van der Waals surface area contributed by atoms with Crippen LogP contribution in [0.3, 0.4) is 0 Å². The summed E-state index contributed by atoms with van der Waals surface area (Å²) in [5, 5.41) is 13.4. The zero-order valence-electron chi connectivity index (χ0n) is 32.8. The van der Waals surface area contributed by atoms with Crippen molar-refractivity contribution in [3.8, 4) is 0 Å². The summed E-state index contributed by atoms with van der Waals surface area (Å²) >= 11 is 0. The lowest BCUT2D eigenvalue weighted by atomic mass is 10.0. The predicted molar refractivity (Wildman–Crippen MR) is 217 cm³/mol. The molecule has 0 aliphatic rings. The van der Waals surface area contributed by atoms with Gasteiger partial charge >= 0.3 is 0 Å². The fraction of sp³-hybridized carbons (Fsp3) is 0.429. The van der Waals surface area contributed by atoms with Gasteiger partial charge in [0.05, 0.1) is 19.2 Å². The van der Waals surface area contributed by atoms with Gasteiger partial charge in [-0.05, 0) is 54.8 Å². The smallest absolute Gasteiger partial charge is 0.243 e. The Bertz CT molecular complexity index is 1710. The van der Waals surface area contributed by atoms with Gasteiger partial charge in [-0.3, -0.25) is 28.8 Å². The minimum atomic E-state index is -1.15. The largest absolute Gasteiger partial charge is 0.377 e. The highest BCUT2D eigenvalue weighted by molar-refractivity contribution is 5.95. The van der Waals surface area contributed by atoms with E-state index < -0.39 is 72.2 Å². The van der Waals surface area contributed by atoms with E-state index in [0.717, 1.165) is 16.7 Å². The minimum absolute atomic E-state index is 0.0260. The standard InChI is InChI=1S/C42H58N8O7/c1-28(2)23-34(41(55)48-33(38(45)52)20-22-57-27-31-17-10-5-11-18-31)47-37(51)26-46-40(54)35(24-29-13-6-3-7-14-29)50-42(56)36(25-30-15-8-4-9-16-30)49-39(53)32(44)19-12-21-43/h3-11,13-18,28,32-36H,12,19-27,43-44H2,1-2H3,(H2,45,52)(H,46,54)(H,47,51)(H,48,55)(H,49,53)(H,50,56)/t32-,33-,34-,35-,36-/m0/s1. The van der Waals surface area contributed by atoms with E-state index in [0.29, 0.717) is 26.0 Å². The molecular formula is C42H58N8O7. The number of carbonyl (C=O) groups is 6. The van der Waals surface area contributed by atoms with E-state index >= 15 is 0 Å². The van der Waals surface area contributed by atoms with Gasteiger partial charge in [0.25, 0.3) is 0 Å². The molecule has 3 aromatic rings. The van der Waals surface area contributed by atoms with Crippen LogP contribution in [0.15, 0.2) is 91.0 Å². The van der Waals surface area contributed by atoms with Crippen LogP contribution in [0.2, 0.25) is 0 Å². The molecule has 57 heavy (non-hydrogen) atoms. The lowest BCUT2D eigenvalue weighted by Crippen LogP contribution is -2.58. The molecule has 6 amide bonds. The second-order valence-electron chi connectivity index (χ2n) is 14.3. The second kappa shape index (κ2) is 24.8. The third-order valence-corrected chi connectivity index (χ3v) is 8.99. The van der Waals surface area contributed by atoms with Gasteiger partial charge in [0, 0.05) is 19.4 Å². The number of ether oxygens (including phenoxy) is 1. The van der Waals surface area contributed by atoms with Crippen LogP contribution in [0, 0.1) is 5.92 Å². The summed E-state index contributed by atoms with van der Waals surface area (Å²) in [4.78, 5) is 79.3. The van der Waals surface area contributed by atoms with Crippen molar-refractivity contribution >= 4 is 35.4 Å². The molecule has 0 saturated carbocycles. The summed E-state index contributed by atoms with van der Waals surface area (Å²) in [7, 11) is 0. The van der Waals surface area contributed by atoms with E-state index in [4.69, 9.17) is 21.9 Å². The maximum Gasteiger partial charge on any atom is 0.243 e. The summed E-state index contributed by atoms with van der Waals surface area (Å²) < 4.78 is 5.66. The average Bonchev–Trinajstić information content (AvgIpc) is 3.20. The first-order valence-corrected chi connectivity index (χ1v) is 19.3. The maximum atomic E-state index is 13.8. The van der Waals surface area contributed by atoms with Crippen LogP contribution in [0.5, 0.6) is 0 Å². The van der Waals surface area contributed by atoms with Gasteiger partial charge in [-0.25, -0.2) is 0 Å². The fourth-order valence-electron chi connectivity index (χ4n) is 5.90. The number of primary amides is 1. The molecule has 0 aliphatic heterocycles. The van der Waals surface area contributed by atoms with E-state index in [1.165, 1.54) is 0 Å². The highest BCUT2D eigenvalue weighted by atomic mass is 16.5. The molecule has 308 valence electrons. The van der Waals surface area contributed by atoms with E-state index in [2.05, 4.69) is 26.6 Å². The van der Waals surface area contributed by atoms with Crippen LogP contribution in [0.25, 0.3) is 0 Å². The zero-order chi connectivity index (χ0) is 41.6. The third-order valence-electron chi connectivity index (χ3n) is 8.99. The van der Waals surface area contributed by atoms with Gasteiger partial charge in [-0.1, -0.05) is 105 Å². The first kappa shape index (κ1) is 45.7. The molecule has 0 fully saturated rings. The molecule has 0 saturated heterocycles. The molecule has 11 N–H and O–H groups in total. The number of amides is 6. The van der Waals surface area contributed by atoms with Crippen molar-refractivity contribution in [1.29, 1.82) is 0 Å². The Kier molecular flexibility index (Phi) is 19.9. The quantitative estimate of drug-likeness (QED) is 0.0564. The van der Waals surface area contributed by atoms with E-state index in [1.807, 2.05) is 80.6 Å². The van der Waals surface area contributed by atoms with Crippen LogP contribution in [0.4, 0.5) is 0 Å². The molecule has 0 aliphatic carbocycles. The van der Waals surface area contributed by atoms with Crippen molar-refractivity contribution in [2.75, 3.05) is 19.7 Å². The van der Waals surface area contributed by atoms with Crippen LogP contribution in [0.1, 0.15) is 56.2 Å². The van der Waals surface area contributed by atoms with Crippen molar-refractivity contribution in [1.82, 2.24) is 26.6 Å². The number of nitrogens with two attached hydrogens (primary N) is 3. The van der Waals surface area contributed by atoms with E-state index in [9.17, 15) is 28.8 Å². The van der Waals surface area contributed by atoms with Gasteiger partial charge in [-0.15, -0.1) is 0 Å². The topological polar surface area (TPSA) is 250 Å². The van der Waals surface area contributed by atoms with Gasteiger partial charge in [0.15, 0.2) is 0 Å². The summed E-state index contributed by atoms with van der Waals surface area (Å²) in [6.07, 6.45) is 1.42. The van der Waals surface area contributed by atoms with Crippen LogP contribution in [-0.4, -0.2) is 85.3 Å². The van der Waals surface area contributed by atoms with Crippen molar-refractivity contribution in [3.63, 3.8) is 0 Å². The van der Waals surface area contributed by atoms with Crippen LogP contribution < -0.4 is 43.8 Å². The number of carbonyl (C=O) groups excluding carboxylic acids is 6. The lowest BCUT2D eigenvalue weighted by Gasteiger charge is -2.25. The minimum Gasteiger partial charge on any atom is -0.377 e. The molecule has 15 heteroatoms. The summed E-state index contributed by atoms with van der Waals surface area (Å²) in [5.74, 6) is -3.88. The van der Waals surface area contributed by atoms with Crippen molar-refractivity contribution in [3.05, 3.63) is 108 Å². The Hall–Kier alpha value is -5.64. The molecule has 3 aromatic carbocycles. The summed E-state index contributed by atoms with van der Waals surface area (Å²) in [6, 6.07) is 22.3. The van der Waals surface area contributed by atoms with Gasteiger partial charge < -0.3 is 48.5 Å². The predicted octanol–water partition coefficient (Wildman–Crippen LogP) is 0.732. The molecule has 0 heterocycles. The lowest BCUT2D eigenvalue weighted by molar-refractivity contribution is -0.133. The fourth-order valence-corrected chi connectivity index (χ4v) is 5.90. The number of benzene rings is 3. The van der Waals surface area contributed by atoms with Crippen molar-refractivity contribution in [2.45, 2.75) is 89.2 Å². The van der Waals surface area contributed by atoms with Crippen LogP contribution in [-0.2, 0) is 53.0 Å². The average molecular weight is 787 g/mol. The number of hydrogen-bond donors (Lipinski definition) is 8. The maximum absolute atomic E-state index is 13.8. The molecule has 0 aromatic heterocycles. The number of hydrogen-bond acceptors (Lipinski definition) is 9. The first-order valence-electron chi connectivity index (χ1n) is 19.3. The Morgan fingerprint density at radius 2 is 1.11 bits per heavy atom. The van der Waals surface area contributed by atoms with Gasteiger partial charge in [0.1, 0.15) is 24.2 Å². The molecule has 0 bridgehead atoms. The van der Waals surface area contributed by atoms with Gasteiger partial charge in [0.2, 0.25) is 35.4 Å². The third kappa shape index (κ3) is 17.4. The molecule has 5 atom stereocenters. The molecule has 0 unspecified atom stereocenters. The molecule has 0 spiro atoms. The monoisotopic (exact) mass is 786 g/mol. The second-order valence-corrected chi connectivity index (χ2v) is 14.3. The van der Waals surface area contributed by atoms with Crippen LogP contribution >= 0.6 is 0 Å². The van der Waals surface area contributed by atoms with E-state index in [-0.39, 0.29) is 38.2 Å². The highest BCUT2D eigenvalue weighted by Crippen LogP contribution is 2.10. The zero-order valence-corrected chi connectivity index (χ0v) is 32.8. The normalized spacial score (nSPS) is 13.6. The SMILES string of the molecule is CC(C)C[C@H](NC(=O)CNC(=O)[C@H](Cc1ccccc1)NC(=O)[C@H](Cc1ccccc1)NC(=O)[C@@H](N)CCCN)C(=O)N[C@@H](CCOCc1ccccc1)C(N)=O. The van der Waals surface area contributed by atoms with Crippen molar-refractivity contribution in [2.24, 2.45) is 23.1 Å². The van der Waals surface area contributed by atoms with Gasteiger partial charge in [-0.2, -0.15) is 0 Å². The number of nitrogens with one attached hydrogen (secondary N) is 5. The Balaban J connectivity index is 1.67. The van der Waals surface area contributed by atoms with E-state index in [1.54, 1.807) is 24.3 Å². The Labute approximate surface area is 334 Å². The molecular weight excluding hydrogens is 729 g/mol. The van der Waals surface area contributed by atoms with Crippen molar-refractivity contribution < 1.29 is 33.5 Å². The Morgan fingerprint density at radius 1 is 0.614 bits per heavy atom. The highest BCUT2D eigenvalue weighted by Gasteiger charge is 2.30. The summed E-state index contributed by atoms with van der Waals surface area (Å²) in [6.45, 7) is 4.05. The Morgan fingerprint density at radius 3 is 1.63 bits per heavy atom. The molecule has 3 rings (SSSR count). The summed E-state index contributed by atoms with van der Waals surface area (Å²) in [5.41, 5.74) is 19.7. The first-order chi connectivity index (χ1) is 27.4.